The molecule has 0 saturated heterocycles. The van der Waals surface area contributed by atoms with Crippen LogP contribution in [0.25, 0.3) is 0 Å². The van der Waals surface area contributed by atoms with Gasteiger partial charge in [0.1, 0.15) is 0 Å². The van der Waals surface area contributed by atoms with Gasteiger partial charge in [0.2, 0.25) is 0 Å². The van der Waals surface area contributed by atoms with Gasteiger partial charge in [0.25, 0.3) is 0 Å². The summed E-state index contributed by atoms with van der Waals surface area (Å²) in [4.78, 5) is 0. The molecule has 0 atom stereocenters. The van der Waals surface area contributed by atoms with Crippen LogP contribution in [-0.2, 0) is 0 Å². The predicted octanol–water partition coefficient (Wildman–Crippen LogP) is 0.832. The van der Waals surface area contributed by atoms with Gasteiger partial charge in [-0.05, 0) is 6.92 Å². The van der Waals surface area contributed by atoms with E-state index in [0.29, 0.717) is 0 Å². The molecule has 0 N–H and O–H groups in total. The van der Waals surface area contributed by atoms with Crippen molar-refractivity contribution in [3.8, 4) is 0 Å². The zero-order valence-electron chi connectivity index (χ0n) is 4.20. The number of hydrogen-bond acceptors (Lipinski definition) is 0. The van der Waals surface area contributed by atoms with Crippen LogP contribution in [0.2, 0.25) is 0 Å². The Hall–Kier alpha value is 0.402. The number of allylic oxidation sites excluding steroid dienone is 2. The summed E-state index contributed by atoms with van der Waals surface area (Å²) in [6.45, 7) is 8.93. The average Bonchev–Trinajstić information content (AvgIpc) is 1.38. The van der Waals surface area contributed by atoms with Gasteiger partial charge in [-0.1, -0.05) is 24.8 Å². The molecule has 1 heteroatoms. The topological polar surface area (TPSA) is 0 Å². The van der Waals surface area contributed by atoms with Crippen LogP contribution in [0.3, 0.4) is 0 Å². The molecule has 0 aliphatic carbocycles. The third-order valence-corrected chi connectivity index (χ3v) is 0.348. The fraction of sp³-hybridized carbons (Fsp3) is 0.200. The molecule has 0 aromatic rings. The van der Waals surface area contributed by atoms with E-state index in [1.54, 1.807) is 6.08 Å². The minimum atomic E-state index is 0. The summed E-state index contributed by atoms with van der Waals surface area (Å²) in [7, 11) is 0. The first kappa shape index (κ1) is 9.64. The molecule has 0 aromatic carbocycles. The molecule has 34 valence electrons. The number of rotatable bonds is 1. The van der Waals surface area contributed by atoms with Gasteiger partial charge in [-0.15, -0.1) is 0 Å². The van der Waals surface area contributed by atoms with E-state index in [9.17, 15) is 0 Å². The Bertz CT molecular complexity index is 55.0. The summed E-state index contributed by atoms with van der Waals surface area (Å²) >= 11 is 0. The van der Waals surface area contributed by atoms with Crippen molar-refractivity contribution >= 4 is 27.3 Å². The molecular formula is C5H10Pb. The van der Waals surface area contributed by atoms with E-state index in [2.05, 4.69) is 13.2 Å². The Morgan fingerprint density at radius 2 is 1.83 bits per heavy atom. The van der Waals surface area contributed by atoms with Crippen LogP contribution in [0, 0.1) is 0 Å². The van der Waals surface area contributed by atoms with Crippen molar-refractivity contribution in [3.05, 3.63) is 24.8 Å². The SMILES string of the molecule is C=CC(=C)C.[PbH2]. The van der Waals surface area contributed by atoms with Crippen LogP contribution in [0.1, 0.15) is 6.92 Å². The molecular weight excluding hydrogens is 267 g/mol. The molecule has 0 aromatic heterocycles. The van der Waals surface area contributed by atoms with E-state index >= 15 is 0 Å². The van der Waals surface area contributed by atoms with Crippen molar-refractivity contribution in [1.82, 2.24) is 0 Å². The van der Waals surface area contributed by atoms with Crippen LogP contribution in [-0.4, -0.2) is 27.3 Å². The molecule has 0 rings (SSSR count). The Morgan fingerprint density at radius 1 is 1.67 bits per heavy atom. The fourth-order valence-electron chi connectivity index (χ4n) is 0. The summed E-state index contributed by atoms with van der Waals surface area (Å²) in [6.07, 6.45) is 1.72. The van der Waals surface area contributed by atoms with Gasteiger partial charge in [-0.3, -0.25) is 0 Å². The van der Waals surface area contributed by atoms with Gasteiger partial charge >= 0.3 is 27.3 Å². The van der Waals surface area contributed by atoms with Crippen molar-refractivity contribution in [2.75, 3.05) is 0 Å². The van der Waals surface area contributed by atoms with Crippen LogP contribution >= 0.6 is 0 Å². The minimum absolute atomic E-state index is 0. The molecule has 6 heavy (non-hydrogen) atoms. The van der Waals surface area contributed by atoms with Gasteiger partial charge in [0, 0.05) is 0 Å². The van der Waals surface area contributed by atoms with Gasteiger partial charge in [0.15, 0.2) is 0 Å². The second kappa shape index (κ2) is 5.40. The standard InChI is InChI=1S/C5H8.Pb.2H/c1-4-5(2)3;;;/h4H,1-2H2,3H3;;;. The third-order valence-electron chi connectivity index (χ3n) is 0.348. The van der Waals surface area contributed by atoms with Crippen LogP contribution < -0.4 is 0 Å². The summed E-state index contributed by atoms with van der Waals surface area (Å²) in [5.41, 5.74) is 1.02. The third kappa shape index (κ3) is 8.83. The maximum atomic E-state index is 3.56. The Morgan fingerprint density at radius 3 is 1.83 bits per heavy atom. The molecule has 0 heterocycles. The van der Waals surface area contributed by atoms with Crippen molar-refractivity contribution in [2.45, 2.75) is 6.92 Å². The van der Waals surface area contributed by atoms with E-state index in [1.807, 2.05) is 6.92 Å². The van der Waals surface area contributed by atoms with E-state index in [-0.39, 0.29) is 27.3 Å². The molecule has 0 nitrogen and oxygen atoms in total. The van der Waals surface area contributed by atoms with E-state index < -0.39 is 0 Å². The zero-order valence-corrected chi connectivity index (χ0v) is 9.70. The summed E-state index contributed by atoms with van der Waals surface area (Å²) in [5, 5.41) is 0. The van der Waals surface area contributed by atoms with E-state index in [4.69, 9.17) is 0 Å². The summed E-state index contributed by atoms with van der Waals surface area (Å²) < 4.78 is 0. The Kier molecular flexibility index (Phi) is 8.68. The molecule has 0 aliphatic rings. The maximum absolute atomic E-state index is 3.56. The Labute approximate surface area is 59.1 Å². The zero-order chi connectivity index (χ0) is 4.28. The van der Waals surface area contributed by atoms with Gasteiger partial charge in [0.05, 0.1) is 0 Å². The second-order valence-corrected chi connectivity index (χ2v) is 1.05. The fourth-order valence-corrected chi connectivity index (χ4v) is 0. The quantitative estimate of drug-likeness (QED) is 0.492. The van der Waals surface area contributed by atoms with Crippen LogP contribution in [0.5, 0.6) is 0 Å². The van der Waals surface area contributed by atoms with E-state index in [0.717, 1.165) is 5.57 Å². The van der Waals surface area contributed by atoms with Crippen molar-refractivity contribution in [2.24, 2.45) is 0 Å². The van der Waals surface area contributed by atoms with Crippen molar-refractivity contribution < 1.29 is 0 Å². The molecule has 0 spiro atoms. The van der Waals surface area contributed by atoms with Crippen LogP contribution in [0.15, 0.2) is 24.8 Å². The van der Waals surface area contributed by atoms with Gasteiger partial charge in [-0.25, -0.2) is 0 Å². The second-order valence-electron chi connectivity index (χ2n) is 1.05. The molecule has 0 aliphatic heterocycles. The van der Waals surface area contributed by atoms with Gasteiger partial charge in [-0.2, -0.15) is 0 Å². The van der Waals surface area contributed by atoms with Crippen molar-refractivity contribution in [3.63, 3.8) is 0 Å². The Balaban J connectivity index is 0. The predicted molar refractivity (Wildman–Crippen MR) is 33.6 cm³/mol. The first-order valence-corrected chi connectivity index (χ1v) is 1.55. The molecule has 0 amide bonds. The molecule has 2 radical (unpaired) electrons. The summed E-state index contributed by atoms with van der Waals surface area (Å²) in [5.74, 6) is 0. The normalized spacial score (nSPS) is 5.50. The monoisotopic (exact) mass is 278 g/mol. The summed E-state index contributed by atoms with van der Waals surface area (Å²) in [6, 6.07) is 0. The molecule has 0 bridgehead atoms. The molecule has 0 unspecified atom stereocenters. The number of hydrogen-bond donors (Lipinski definition) is 0. The molecule has 0 saturated carbocycles. The van der Waals surface area contributed by atoms with Gasteiger partial charge < -0.3 is 0 Å². The van der Waals surface area contributed by atoms with E-state index in [1.165, 1.54) is 0 Å². The average molecular weight is 277 g/mol. The molecule has 0 fully saturated rings. The van der Waals surface area contributed by atoms with Crippen molar-refractivity contribution in [1.29, 1.82) is 0 Å². The first-order chi connectivity index (χ1) is 2.27. The van der Waals surface area contributed by atoms with Crippen LogP contribution in [0.4, 0.5) is 0 Å². The first-order valence-electron chi connectivity index (χ1n) is 1.55.